The van der Waals surface area contributed by atoms with E-state index in [2.05, 4.69) is 26.7 Å². The first-order chi connectivity index (χ1) is 14.9. The van der Waals surface area contributed by atoms with Gasteiger partial charge in [0.15, 0.2) is 0 Å². The molecule has 4 rings (SSSR count). The molecule has 168 valence electrons. The highest BCUT2D eigenvalue weighted by Gasteiger charge is 2.31. The number of piperazine rings is 2. The predicted molar refractivity (Wildman–Crippen MR) is 120 cm³/mol. The Morgan fingerprint density at radius 3 is 2.23 bits per heavy atom. The Morgan fingerprint density at radius 2 is 1.55 bits per heavy atom. The van der Waals surface area contributed by atoms with Crippen molar-refractivity contribution in [2.45, 2.75) is 11.8 Å². The third-order valence-electron chi connectivity index (χ3n) is 5.86. The van der Waals surface area contributed by atoms with Crippen molar-refractivity contribution in [1.82, 2.24) is 19.2 Å². The third-order valence-corrected chi connectivity index (χ3v) is 7.80. The second-order valence-electron chi connectivity index (χ2n) is 8.00. The normalized spacial score (nSPS) is 18.9. The van der Waals surface area contributed by atoms with Gasteiger partial charge in [-0.15, -0.1) is 0 Å². The molecular weight excluding hydrogens is 416 g/mol. The molecule has 0 unspecified atom stereocenters. The van der Waals surface area contributed by atoms with Crippen molar-refractivity contribution in [3.8, 4) is 5.75 Å². The van der Waals surface area contributed by atoms with Crippen LogP contribution in [-0.2, 0) is 10.0 Å². The molecule has 0 spiro atoms. The first-order valence-corrected chi connectivity index (χ1v) is 12.0. The number of hydrogen-bond donors (Lipinski definition) is 0. The molecule has 10 heteroatoms. The van der Waals surface area contributed by atoms with Crippen LogP contribution in [0.5, 0.6) is 5.75 Å². The summed E-state index contributed by atoms with van der Waals surface area (Å²) in [5.41, 5.74) is 0.919. The van der Waals surface area contributed by atoms with E-state index in [1.54, 1.807) is 24.3 Å². The van der Waals surface area contributed by atoms with Gasteiger partial charge in [-0.05, 0) is 26.1 Å². The van der Waals surface area contributed by atoms with E-state index in [1.807, 2.05) is 13.0 Å². The number of nitrogens with zero attached hydrogens (tertiary/aromatic N) is 6. The van der Waals surface area contributed by atoms with Crippen LogP contribution >= 0.6 is 0 Å². The molecule has 1 aromatic carbocycles. The van der Waals surface area contributed by atoms with Crippen molar-refractivity contribution < 1.29 is 13.2 Å². The van der Waals surface area contributed by atoms with Gasteiger partial charge in [0, 0.05) is 64.1 Å². The van der Waals surface area contributed by atoms with Gasteiger partial charge in [0.1, 0.15) is 16.5 Å². The minimum Gasteiger partial charge on any atom is -0.495 e. The van der Waals surface area contributed by atoms with Crippen LogP contribution in [0.1, 0.15) is 5.69 Å². The zero-order chi connectivity index (χ0) is 22.0. The number of sulfonamides is 1. The van der Waals surface area contributed by atoms with Crippen LogP contribution in [-0.4, -0.2) is 94.1 Å². The molecule has 2 saturated heterocycles. The fraction of sp³-hybridized carbons (Fsp3) is 0.524. The lowest BCUT2D eigenvalue weighted by atomic mass is 10.3. The number of methoxy groups -OCH3 is 1. The molecule has 0 atom stereocenters. The minimum absolute atomic E-state index is 0.204. The maximum atomic E-state index is 13.1. The van der Waals surface area contributed by atoms with Crippen LogP contribution in [0.4, 0.5) is 11.8 Å². The number of rotatable bonds is 5. The number of likely N-dealkylation sites (N-methyl/N-ethyl adjacent to an activating group) is 1. The molecule has 2 fully saturated rings. The Kier molecular flexibility index (Phi) is 6.31. The summed E-state index contributed by atoms with van der Waals surface area (Å²) >= 11 is 0. The molecule has 2 aliphatic heterocycles. The molecule has 2 aromatic rings. The molecule has 3 heterocycles. The number of aryl methyl sites for hydroxylation is 1. The first kappa shape index (κ1) is 21.8. The largest absolute Gasteiger partial charge is 0.495 e. The number of hydrogen-bond acceptors (Lipinski definition) is 8. The third kappa shape index (κ3) is 4.60. The molecule has 0 radical (unpaired) electrons. The Bertz CT molecular complexity index is 1020. The maximum Gasteiger partial charge on any atom is 0.246 e. The summed E-state index contributed by atoms with van der Waals surface area (Å²) in [4.78, 5) is 16.3. The lowest BCUT2D eigenvalue weighted by molar-refractivity contribution is 0.312. The molecule has 9 nitrogen and oxygen atoms in total. The van der Waals surface area contributed by atoms with Crippen molar-refractivity contribution in [3.63, 3.8) is 0 Å². The van der Waals surface area contributed by atoms with E-state index in [-0.39, 0.29) is 4.90 Å². The zero-order valence-electron chi connectivity index (χ0n) is 18.4. The van der Waals surface area contributed by atoms with Crippen molar-refractivity contribution in [1.29, 1.82) is 0 Å². The second kappa shape index (κ2) is 8.97. The van der Waals surface area contributed by atoms with E-state index >= 15 is 0 Å². The minimum atomic E-state index is -3.62. The molecule has 0 saturated carbocycles. The van der Waals surface area contributed by atoms with Gasteiger partial charge < -0.3 is 19.4 Å². The lowest BCUT2D eigenvalue weighted by Gasteiger charge is -2.36. The van der Waals surface area contributed by atoms with Crippen LogP contribution in [0.25, 0.3) is 0 Å². The smallest absolute Gasteiger partial charge is 0.246 e. The summed E-state index contributed by atoms with van der Waals surface area (Å²) in [6.07, 6.45) is 0. The van der Waals surface area contributed by atoms with Crippen LogP contribution in [0.3, 0.4) is 0 Å². The second-order valence-corrected chi connectivity index (χ2v) is 9.91. The monoisotopic (exact) mass is 446 g/mol. The lowest BCUT2D eigenvalue weighted by Crippen LogP contribution is -2.49. The van der Waals surface area contributed by atoms with Gasteiger partial charge in [-0.25, -0.2) is 13.4 Å². The van der Waals surface area contributed by atoms with Crippen LogP contribution in [0.2, 0.25) is 0 Å². The Morgan fingerprint density at radius 1 is 0.903 bits per heavy atom. The van der Waals surface area contributed by atoms with Gasteiger partial charge in [-0.1, -0.05) is 12.1 Å². The van der Waals surface area contributed by atoms with Crippen LogP contribution < -0.4 is 14.5 Å². The van der Waals surface area contributed by atoms with Crippen LogP contribution in [0, 0.1) is 6.92 Å². The molecule has 0 aliphatic carbocycles. The summed E-state index contributed by atoms with van der Waals surface area (Å²) in [6.45, 7) is 7.72. The highest BCUT2D eigenvalue weighted by molar-refractivity contribution is 7.89. The topological polar surface area (TPSA) is 82.1 Å². The fourth-order valence-corrected chi connectivity index (χ4v) is 5.55. The van der Waals surface area contributed by atoms with E-state index in [4.69, 9.17) is 9.72 Å². The summed E-state index contributed by atoms with van der Waals surface area (Å²) in [5.74, 6) is 1.98. The van der Waals surface area contributed by atoms with Crippen molar-refractivity contribution in [3.05, 3.63) is 36.0 Å². The summed E-state index contributed by atoms with van der Waals surface area (Å²) < 4.78 is 33.0. The number of aromatic nitrogens is 2. The number of benzene rings is 1. The quantitative estimate of drug-likeness (QED) is 0.674. The SMILES string of the molecule is COc1ccccc1S(=O)(=O)N1CCN(c2nc(C)cc(N3CCN(C)CC3)n2)CC1. The number of anilines is 2. The molecule has 31 heavy (non-hydrogen) atoms. The fourth-order valence-electron chi connectivity index (χ4n) is 3.97. The van der Waals surface area contributed by atoms with Crippen molar-refractivity contribution in [2.75, 3.05) is 76.3 Å². The summed E-state index contributed by atoms with van der Waals surface area (Å²) in [7, 11) is -0.00418. The van der Waals surface area contributed by atoms with Gasteiger partial charge in [-0.2, -0.15) is 9.29 Å². The summed E-state index contributed by atoms with van der Waals surface area (Å²) in [5, 5.41) is 0. The van der Waals surface area contributed by atoms with E-state index < -0.39 is 10.0 Å². The molecule has 2 aliphatic rings. The van der Waals surface area contributed by atoms with E-state index in [9.17, 15) is 8.42 Å². The van der Waals surface area contributed by atoms with E-state index in [0.29, 0.717) is 37.9 Å². The molecular formula is C21H30N6O3S. The van der Waals surface area contributed by atoms with Gasteiger partial charge in [-0.3, -0.25) is 0 Å². The van der Waals surface area contributed by atoms with Crippen molar-refractivity contribution >= 4 is 21.8 Å². The van der Waals surface area contributed by atoms with Gasteiger partial charge in [0.2, 0.25) is 16.0 Å². The zero-order valence-corrected chi connectivity index (χ0v) is 19.2. The maximum absolute atomic E-state index is 13.1. The first-order valence-electron chi connectivity index (χ1n) is 10.6. The van der Waals surface area contributed by atoms with Gasteiger partial charge >= 0.3 is 0 Å². The van der Waals surface area contributed by atoms with Gasteiger partial charge in [0.05, 0.1) is 7.11 Å². The average molecular weight is 447 g/mol. The molecule has 1 aromatic heterocycles. The van der Waals surface area contributed by atoms with E-state index in [1.165, 1.54) is 11.4 Å². The Labute approximate surface area is 184 Å². The summed E-state index contributed by atoms with van der Waals surface area (Å²) in [6, 6.07) is 8.77. The Hall–Kier alpha value is -2.43. The number of para-hydroxylation sites is 1. The molecule has 0 amide bonds. The highest BCUT2D eigenvalue weighted by Crippen LogP contribution is 2.27. The molecule has 0 bridgehead atoms. The molecule has 0 N–H and O–H groups in total. The van der Waals surface area contributed by atoms with Gasteiger partial charge in [0.25, 0.3) is 0 Å². The van der Waals surface area contributed by atoms with Crippen LogP contribution in [0.15, 0.2) is 35.2 Å². The standard InChI is InChI=1S/C21H30N6O3S/c1-17-16-20(25-10-8-24(2)9-11-25)23-21(22-17)26-12-14-27(15-13-26)31(28,29)19-7-5-4-6-18(19)30-3/h4-7,16H,8-15H2,1-3H3. The number of ether oxygens (including phenoxy) is 1. The predicted octanol–water partition coefficient (Wildman–Crippen LogP) is 1.06. The van der Waals surface area contributed by atoms with Crippen molar-refractivity contribution in [2.24, 2.45) is 0 Å². The van der Waals surface area contributed by atoms with E-state index in [0.717, 1.165) is 37.7 Å². The average Bonchev–Trinajstić information content (AvgIpc) is 2.79. The highest BCUT2D eigenvalue weighted by atomic mass is 32.2. The Balaban J connectivity index is 1.48.